The SMILES string of the molecule is CCN(CC)c1nc2cc(C)ccc2cc1CC#N. The molecule has 0 aliphatic rings. The number of aryl methyl sites for hydroxylation is 1. The maximum atomic E-state index is 8.99. The van der Waals surface area contributed by atoms with Crippen LogP contribution < -0.4 is 4.90 Å². The Bertz CT molecular complexity index is 622. The number of hydrogen-bond acceptors (Lipinski definition) is 3. The highest BCUT2D eigenvalue weighted by molar-refractivity contribution is 5.82. The zero-order valence-electron chi connectivity index (χ0n) is 11.8. The lowest BCUT2D eigenvalue weighted by atomic mass is 10.1. The molecule has 1 aromatic carbocycles. The minimum Gasteiger partial charge on any atom is -0.357 e. The normalized spacial score (nSPS) is 10.4. The highest BCUT2D eigenvalue weighted by atomic mass is 15.2. The van der Waals surface area contributed by atoms with E-state index in [1.165, 1.54) is 5.56 Å². The van der Waals surface area contributed by atoms with E-state index in [4.69, 9.17) is 10.2 Å². The molecule has 1 aromatic heterocycles. The molecule has 1 heterocycles. The van der Waals surface area contributed by atoms with E-state index in [0.29, 0.717) is 6.42 Å². The second kappa shape index (κ2) is 5.71. The quantitative estimate of drug-likeness (QED) is 0.837. The highest BCUT2D eigenvalue weighted by Gasteiger charge is 2.11. The van der Waals surface area contributed by atoms with Crippen LogP contribution in [0.1, 0.15) is 25.0 Å². The Labute approximate surface area is 114 Å². The van der Waals surface area contributed by atoms with Crippen molar-refractivity contribution < 1.29 is 0 Å². The van der Waals surface area contributed by atoms with Crippen molar-refractivity contribution in [1.82, 2.24) is 4.98 Å². The van der Waals surface area contributed by atoms with Crippen LogP contribution in [0.2, 0.25) is 0 Å². The van der Waals surface area contributed by atoms with Crippen LogP contribution in [0.5, 0.6) is 0 Å². The topological polar surface area (TPSA) is 39.9 Å². The van der Waals surface area contributed by atoms with Gasteiger partial charge in [0.2, 0.25) is 0 Å². The van der Waals surface area contributed by atoms with Gasteiger partial charge in [0.15, 0.2) is 0 Å². The summed E-state index contributed by atoms with van der Waals surface area (Å²) in [5, 5.41) is 10.1. The van der Waals surface area contributed by atoms with E-state index in [-0.39, 0.29) is 0 Å². The molecule has 0 saturated carbocycles. The van der Waals surface area contributed by atoms with Gasteiger partial charge in [0.1, 0.15) is 5.82 Å². The first kappa shape index (κ1) is 13.4. The minimum atomic E-state index is 0.405. The lowest BCUT2D eigenvalue weighted by Crippen LogP contribution is -2.24. The lowest BCUT2D eigenvalue weighted by Gasteiger charge is -2.22. The van der Waals surface area contributed by atoms with Crippen molar-refractivity contribution in [3.05, 3.63) is 35.4 Å². The Balaban J connectivity index is 2.64. The van der Waals surface area contributed by atoms with E-state index in [1.54, 1.807) is 0 Å². The first-order valence-corrected chi connectivity index (χ1v) is 6.71. The van der Waals surface area contributed by atoms with Gasteiger partial charge in [0.05, 0.1) is 18.0 Å². The maximum absolute atomic E-state index is 8.99. The first-order valence-electron chi connectivity index (χ1n) is 6.71. The molecule has 2 rings (SSSR count). The Morgan fingerprint density at radius 2 is 1.95 bits per heavy atom. The van der Waals surface area contributed by atoms with E-state index in [2.05, 4.69) is 56.0 Å². The van der Waals surface area contributed by atoms with Gasteiger partial charge in [0, 0.05) is 24.0 Å². The largest absolute Gasteiger partial charge is 0.357 e. The molecule has 0 saturated heterocycles. The van der Waals surface area contributed by atoms with E-state index in [0.717, 1.165) is 35.4 Å². The molecule has 3 heteroatoms. The molecule has 0 spiro atoms. The number of fused-ring (bicyclic) bond motifs is 1. The van der Waals surface area contributed by atoms with Crippen molar-refractivity contribution in [2.45, 2.75) is 27.2 Å². The summed E-state index contributed by atoms with van der Waals surface area (Å²) in [5.74, 6) is 0.949. The van der Waals surface area contributed by atoms with Gasteiger partial charge in [-0.25, -0.2) is 4.98 Å². The fraction of sp³-hybridized carbons (Fsp3) is 0.375. The number of rotatable bonds is 4. The van der Waals surface area contributed by atoms with Gasteiger partial charge in [-0.05, 0) is 38.5 Å². The van der Waals surface area contributed by atoms with E-state index in [1.807, 2.05) is 0 Å². The summed E-state index contributed by atoms with van der Waals surface area (Å²) in [4.78, 5) is 6.97. The molecular weight excluding hydrogens is 234 g/mol. The fourth-order valence-corrected chi connectivity index (χ4v) is 2.32. The molecule has 2 aromatic rings. The summed E-state index contributed by atoms with van der Waals surface area (Å²) in [6, 6.07) is 10.6. The molecule has 0 aliphatic carbocycles. The summed E-state index contributed by atoms with van der Waals surface area (Å²) in [7, 11) is 0. The predicted octanol–water partition coefficient (Wildman–Crippen LogP) is 3.46. The third kappa shape index (κ3) is 2.68. The maximum Gasteiger partial charge on any atom is 0.133 e. The predicted molar refractivity (Wildman–Crippen MR) is 79.4 cm³/mol. The van der Waals surface area contributed by atoms with Crippen LogP contribution in [-0.2, 0) is 6.42 Å². The first-order chi connectivity index (χ1) is 9.19. The molecule has 0 fully saturated rings. The van der Waals surface area contributed by atoms with Crippen LogP contribution in [-0.4, -0.2) is 18.1 Å². The zero-order chi connectivity index (χ0) is 13.8. The minimum absolute atomic E-state index is 0.405. The summed E-state index contributed by atoms with van der Waals surface area (Å²) in [5.41, 5.74) is 3.23. The van der Waals surface area contributed by atoms with Gasteiger partial charge in [-0.2, -0.15) is 5.26 Å². The van der Waals surface area contributed by atoms with Crippen LogP contribution in [0.25, 0.3) is 10.9 Å². The van der Waals surface area contributed by atoms with Crippen molar-refractivity contribution in [3.63, 3.8) is 0 Å². The Kier molecular flexibility index (Phi) is 4.01. The van der Waals surface area contributed by atoms with Gasteiger partial charge < -0.3 is 4.90 Å². The summed E-state index contributed by atoms with van der Waals surface area (Å²) >= 11 is 0. The van der Waals surface area contributed by atoms with E-state index >= 15 is 0 Å². The molecule has 0 N–H and O–H groups in total. The van der Waals surface area contributed by atoms with Gasteiger partial charge in [-0.3, -0.25) is 0 Å². The summed E-state index contributed by atoms with van der Waals surface area (Å²) < 4.78 is 0. The summed E-state index contributed by atoms with van der Waals surface area (Å²) in [6.07, 6.45) is 0.405. The third-order valence-corrected chi connectivity index (χ3v) is 3.36. The lowest BCUT2D eigenvalue weighted by molar-refractivity contribution is 0.841. The standard InChI is InChI=1S/C16H19N3/c1-4-19(5-2)16-14(8-9-17)11-13-7-6-12(3)10-15(13)18-16/h6-7,10-11H,4-5,8H2,1-3H3. The van der Waals surface area contributed by atoms with Crippen LogP contribution in [0.3, 0.4) is 0 Å². The van der Waals surface area contributed by atoms with Gasteiger partial charge >= 0.3 is 0 Å². The molecule has 0 atom stereocenters. The van der Waals surface area contributed by atoms with Gasteiger partial charge in [-0.15, -0.1) is 0 Å². The Morgan fingerprint density at radius 1 is 1.21 bits per heavy atom. The molecule has 0 aliphatic heterocycles. The van der Waals surface area contributed by atoms with Crippen LogP contribution in [0.15, 0.2) is 24.3 Å². The number of hydrogen-bond donors (Lipinski definition) is 0. The Hall–Kier alpha value is -2.08. The van der Waals surface area contributed by atoms with E-state index in [9.17, 15) is 0 Å². The van der Waals surface area contributed by atoms with Gasteiger partial charge in [-0.1, -0.05) is 12.1 Å². The van der Waals surface area contributed by atoms with Crippen LogP contribution >= 0.6 is 0 Å². The fourth-order valence-electron chi connectivity index (χ4n) is 2.32. The van der Waals surface area contributed by atoms with Crippen molar-refractivity contribution in [1.29, 1.82) is 5.26 Å². The molecule has 98 valence electrons. The smallest absolute Gasteiger partial charge is 0.133 e. The monoisotopic (exact) mass is 253 g/mol. The average Bonchev–Trinajstić information content (AvgIpc) is 2.41. The number of benzene rings is 1. The van der Waals surface area contributed by atoms with Crippen LogP contribution in [0, 0.1) is 18.3 Å². The van der Waals surface area contributed by atoms with Crippen molar-refractivity contribution in [3.8, 4) is 6.07 Å². The zero-order valence-corrected chi connectivity index (χ0v) is 11.8. The number of aromatic nitrogens is 1. The highest BCUT2D eigenvalue weighted by Crippen LogP contribution is 2.24. The molecule has 19 heavy (non-hydrogen) atoms. The molecule has 0 radical (unpaired) electrons. The molecular formula is C16H19N3. The summed E-state index contributed by atoms with van der Waals surface area (Å²) in [6.45, 7) is 8.10. The number of pyridine rings is 1. The third-order valence-electron chi connectivity index (χ3n) is 3.36. The number of nitriles is 1. The average molecular weight is 253 g/mol. The Morgan fingerprint density at radius 3 is 2.58 bits per heavy atom. The number of nitrogens with zero attached hydrogens (tertiary/aromatic N) is 3. The second-order valence-electron chi connectivity index (χ2n) is 4.67. The van der Waals surface area contributed by atoms with Gasteiger partial charge in [0.25, 0.3) is 0 Å². The molecule has 0 amide bonds. The second-order valence-corrected chi connectivity index (χ2v) is 4.67. The van der Waals surface area contributed by atoms with Crippen LogP contribution in [0.4, 0.5) is 5.82 Å². The van der Waals surface area contributed by atoms with Crippen molar-refractivity contribution in [2.24, 2.45) is 0 Å². The van der Waals surface area contributed by atoms with Crippen molar-refractivity contribution >= 4 is 16.7 Å². The number of anilines is 1. The van der Waals surface area contributed by atoms with E-state index < -0.39 is 0 Å². The molecule has 3 nitrogen and oxygen atoms in total. The molecule has 0 bridgehead atoms. The van der Waals surface area contributed by atoms with Crippen molar-refractivity contribution in [2.75, 3.05) is 18.0 Å². The molecule has 0 unspecified atom stereocenters.